The maximum atomic E-state index is 12.4. The van der Waals surface area contributed by atoms with Crippen molar-refractivity contribution in [2.24, 2.45) is 0 Å². The van der Waals surface area contributed by atoms with Crippen LogP contribution in [0, 0.1) is 0 Å². The molecule has 0 saturated carbocycles. The van der Waals surface area contributed by atoms with Gasteiger partial charge in [0, 0.05) is 37.6 Å². The van der Waals surface area contributed by atoms with Crippen molar-refractivity contribution in [3.63, 3.8) is 0 Å². The molecule has 1 saturated heterocycles. The van der Waals surface area contributed by atoms with Crippen LogP contribution >= 0.6 is 15.9 Å². The quantitative estimate of drug-likeness (QED) is 0.861. The number of halogens is 1. The summed E-state index contributed by atoms with van der Waals surface area (Å²) in [6.07, 6.45) is 0.293. The van der Waals surface area contributed by atoms with E-state index in [9.17, 15) is 9.59 Å². The maximum Gasteiger partial charge on any atom is 0.225 e. The number of benzene rings is 1. The fourth-order valence-electron chi connectivity index (χ4n) is 2.41. The number of amides is 2. The molecule has 0 aromatic heterocycles. The van der Waals surface area contributed by atoms with E-state index in [0.717, 1.165) is 36.2 Å². The minimum Gasteiger partial charge on any atom is -0.349 e. The van der Waals surface area contributed by atoms with Crippen molar-refractivity contribution in [1.82, 2.24) is 15.5 Å². The number of hydrogen-bond donors (Lipinski definition) is 2. The SMILES string of the molecule is CC(=O)NC(CC(=O)N1CCNCC1)c1ccc(Br)cc1. The molecular formula is C15H20BrN3O2. The minimum absolute atomic E-state index is 0.0816. The molecule has 1 aliphatic rings. The van der Waals surface area contributed by atoms with Crippen LogP contribution < -0.4 is 10.6 Å². The van der Waals surface area contributed by atoms with Crippen LogP contribution in [0.4, 0.5) is 0 Å². The maximum absolute atomic E-state index is 12.4. The molecule has 5 nitrogen and oxygen atoms in total. The third-order valence-corrected chi connectivity index (χ3v) is 4.03. The number of rotatable bonds is 4. The Hall–Kier alpha value is -1.40. The lowest BCUT2D eigenvalue weighted by molar-refractivity contribution is -0.132. The molecule has 1 aromatic rings. The van der Waals surface area contributed by atoms with Crippen LogP contribution in [0.5, 0.6) is 0 Å². The first kappa shape index (κ1) is 16.0. The molecule has 2 amide bonds. The van der Waals surface area contributed by atoms with Gasteiger partial charge in [-0.25, -0.2) is 0 Å². The number of nitrogens with zero attached hydrogens (tertiary/aromatic N) is 1. The van der Waals surface area contributed by atoms with Gasteiger partial charge in [0.1, 0.15) is 0 Å². The van der Waals surface area contributed by atoms with Crippen molar-refractivity contribution >= 4 is 27.7 Å². The molecule has 0 bridgehead atoms. The summed E-state index contributed by atoms with van der Waals surface area (Å²) in [5.74, 6) is -0.0470. The molecule has 0 spiro atoms. The van der Waals surface area contributed by atoms with Crippen LogP contribution in [0.15, 0.2) is 28.7 Å². The van der Waals surface area contributed by atoms with Crippen LogP contribution in [0.25, 0.3) is 0 Å². The zero-order valence-corrected chi connectivity index (χ0v) is 13.6. The van der Waals surface area contributed by atoms with Crippen molar-refractivity contribution in [2.75, 3.05) is 26.2 Å². The number of nitrogens with one attached hydrogen (secondary N) is 2. The van der Waals surface area contributed by atoms with Gasteiger partial charge in [-0.15, -0.1) is 0 Å². The highest BCUT2D eigenvalue weighted by molar-refractivity contribution is 9.10. The van der Waals surface area contributed by atoms with Crippen molar-refractivity contribution in [2.45, 2.75) is 19.4 Å². The molecule has 114 valence electrons. The molecule has 0 radical (unpaired) electrons. The second kappa shape index (κ2) is 7.56. The van der Waals surface area contributed by atoms with E-state index in [1.165, 1.54) is 6.92 Å². The van der Waals surface area contributed by atoms with E-state index >= 15 is 0 Å². The van der Waals surface area contributed by atoms with Gasteiger partial charge < -0.3 is 15.5 Å². The van der Waals surface area contributed by atoms with Crippen molar-refractivity contribution in [3.05, 3.63) is 34.3 Å². The Morgan fingerprint density at radius 2 is 1.90 bits per heavy atom. The highest BCUT2D eigenvalue weighted by Crippen LogP contribution is 2.20. The van der Waals surface area contributed by atoms with E-state index in [4.69, 9.17) is 0 Å². The number of hydrogen-bond acceptors (Lipinski definition) is 3. The smallest absolute Gasteiger partial charge is 0.225 e. The molecule has 2 rings (SSSR count). The Labute approximate surface area is 133 Å². The van der Waals surface area contributed by atoms with Crippen molar-refractivity contribution in [1.29, 1.82) is 0 Å². The molecule has 1 unspecified atom stereocenters. The monoisotopic (exact) mass is 353 g/mol. The summed E-state index contributed by atoms with van der Waals surface area (Å²) in [6.45, 7) is 4.59. The Bertz CT molecular complexity index is 498. The Balaban J connectivity index is 2.06. The lowest BCUT2D eigenvalue weighted by Gasteiger charge is -2.29. The molecule has 1 atom stereocenters. The molecule has 1 fully saturated rings. The normalized spacial score (nSPS) is 16.4. The van der Waals surface area contributed by atoms with Crippen molar-refractivity contribution < 1.29 is 9.59 Å². The summed E-state index contributed by atoms with van der Waals surface area (Å²) in [5.41, 5.74) is 0.942. The molecule has 21 heavy (non-hydrogen) atoms. The standard InChI is InChI=1S/C15H20BrN3O2/c1-11(20)18-14(12-2-4-13(16)5-3-12)10-15(21)19-8-6-17-7-9-19/h2-5,14,17H,6-10H2,1H3,(H,18,20). The van der Waals surface area contributed by atoms with E-state index in [0.29, 0.717) is 6.42 Å². The van der Waals surface area contributed by atoms with E-state index in [-0.39, 0.29) is 17.9 Å². The third-order valence-electron chi connectivity index (χ3n) is 3.50. The number of carbonyl (C=O) groups is 2. The number of piperazine rings is 1. The topological polar surface area (TPSA) is 61.4 Å². The van der Waals surface area contributed by atoms with Crippen molar-refractivity contribution in [3.8, 4) is 0 Å². The lowest BCUT2D eigenvalue weighted by Crippen LogP contribution is -2.47. The molecule has 1 heterocycles. The third kappa shape index (κ3) is 4.82. The Morgan fingerprint density at radius 3 is 2.48 bits per heavy atom. The first-order chi connectivity index (χ1) is 10.1. The summed E-state index contributed by atoms with van der Waals surface area (Å²) in [7, 11) is 0. The van der Waals surface area contributed by atoms with Gasteiger partial charge in [0.25, 0.3) is 0 Å². The van der Waals surface area contributed by atoms with Crippen LogP contribution in [0.1, 0.15) is 24.9 Å². The van der Waals surface area contributed by atoms with Gasteiger partial charge in [-0.05, 0) is 17.7 Å². The molecular weight excluding hydrogens is 334 g/mol. The minimum atomic E-state index is -0.280. The van der Waals surface area contributed by atoms with Crippen LogP contribution in [0.3, 0.4) is 0 Å². The average molecular weight is 354 g/mol. The van der Waals surface area contributed by atoms with Gasteiger partial charge >= 0.3 is 0 Å². The first-order valence-corrected chi connectivity index (χ1v) is 7.86. The molecule has 2 N–H and O–H groups in total. The van der Waals surface area contributed by atoms with E-state index in [1.807, 2.05) is 29.2 Å². The Kier molecular flexibility index (Phi) is 5.76. The summed E-state index contributed by atoms with van der Waals surface area (Å²) < 4.78 is 0.973. The fraction of sp³-hybridized carbons (Fsp3) is 0.467. The number of carbonyl (C=O) groups excluding carboxylic acids is 2. The lowest BCUT2D eigenvalue weighted by atomic mass is 10.0. The van der Waals surface area contributed by atoms with E-state index < -0.39 is 0 Å². The molecule has 1 aliphatic heterocycles. The summed E-state index contributed by atoms with van der Waals surface area (Å²) in [6, 6.07) is 7.41. The molecule has 1 aromatic carbocycles. The average Bonchev–Trinajstić information content (AvgIpc) is 2.48. The predicted octanol–water partition coefficient (Wildman–Crippen LogP) is 1.45. The van der Waals surface area contributed by atoms with Gasteiger partial charge in [0.05, 0.1) is 12.5 Å². The zero-order chi connectivity index (χ0) is 15.2. The van der Waals surface area contributed by atoms with Gasteiger partial charge in [0.15, 0.2) is 0 Å². The summed E-state index contributed by atoms with van der Waals surface area (Å²) in [4.78, 5) is 25.6. The molecule has 0 aliphatic carbocycles. The fourth-order valence-corrected chi connectivity index (χ4v) is 2.67. The van der Waals surface area contributed by atoms with Crippen LogP contribution in [0.2, 0.25) is 0 Å². The Morgan fingerprint density at radius 1 is 1.29 bits per heavy atom. The zero-order valence-electron chi connectivity index (χ0n) is 12.1. The first-order valence-electron chi connectivity index (χ1n) is 7.07. The highest BCUT2D eigenvalue weighted by atomic mass is 79.9. The van der Waals surface area contributed by atoms with Crippen LogP contribution in [-0.2, 0) is 9.59 Å². The molecule has 6 heteroatoms. The van der Waals surface area contributed by atoms with E-state index in [1.54, 1.807) is 0 Å². The van der Waals surface area contributed by atoms with Crippen LogP contribution in [-0.4, -0.2) is 42.9 Å². The van der Waals surface area contributed by atoms with Gasteiger partial charge in [0.2, 0.25) is 11.8 Å². The second-order valence-electron chi connectivity index (χ2n) is 5.14. The highest BCUT2D eigenvalue weighted by Gasteiger charge is 2.22. The summed E-state index contributed by atoms with van der Waals surface area (Å²) in [5, 5.41) is 6.09. The largest absolute Gasteiger partial charge is 0.349 e. The predicted molar refractivity (Wildman–Crippen MR) is 84.8 cm³/mol. The van der Waals surface area contributed by atoms with Gasteiger partial charge in [-0.1, -0.05) is 28.1 Å². The summed E-state index contributed by atoms with van der Waals surface area (Å²) >= 11 is 3.39. The van der Waals surface area contributed by atoms with Gasteiger partial charge in [-0.2, -0.15) is 0 Å². The van der Waals surface area contributed by atoms with E-state index in [2.05, 4.69) is 26.6 Å². The second-order valence-corrected chi connectivity index (χ2v) is 6.06. The van der Waals surface area contributed by atoms with Gasteiger partial charge in [-0.3, -0.25) is 9.59 Å².